The highest BCUT2D eigenvalue weighted by atomic mass is 31.0. The Balaban J connectivity index is 2.43. The fourth-order valence-corrected chi connectivity index (χ4v) is 2.31. The summed E-state index contributed by atoms with van der Waals surface area (Å²) in [5, 5.41) is 14.7. The van der Waals surface area contributed by atoms with Gasteiger partial charge in [-0.05, 0) is 30.3 Å². The van der Waals surface area contributed by atoms with E-state index in [4.69, 9.17) is 0 Å². The van der Waals surface area contributed by atoms with Crippen molar-refractivity contribution in [3.8, 4) is 0 Å². The van der Waals surface area contributed by atoms with Gasteiger partial charge in [-0.3, -0.25) is 4.79 Å². The van der Waals surface area contributed by atoms with Gasteiger partial charge in [0.25, 0.3) is 5.66 Å². The average Bonchev–Trinajstić information content (AvgIpc) is 2.54. The monoisotopic (exact) mass is 364 g/mol. The SMILES string of the molecule is C=CC(=O)Nc1cccc(Nc2cccc(C(F)(F)P)c2)c1C(=O)O. The summed E-state index contributed by atoms with van der Waals surface area (Å²) < 4.78 is 26.8. The van der Waals surface area contributed by atoms with E-state index >= 15 is 0 Å². The first-order valence-electron chi connectivity index (χ1n) is 7.06. The molecule has 0 aliphatic rings. The molecule has 0 fully saturated rings. The Bertz CT molecular complexity index is 835. The molecule has 2 aromatic rings. The van der Waals surface area contributed by atoms with Crippen LogP contribution in [0.5, 0.6) is 0 Å². The van der Waals surface area contributed by atoms with Crippen LogP contribution in [-0.4, -0.2) is 17.0 Å². The van der Waals surface area contributed by atoms with Crippen LogP contribution in [0.3, 0.4) is 0 Å². The largest absolute Gasteiger partial charge is 0.478 e. The fraction of sp³-hybridized carbons (Fsp3) is 0.0588. The van der Waals surface area contributed by atoms with Gasteiger partial charge in [-0.15, -0.1) is 0 Å². The van der Waals surface area contributed by atoms with Crippen molar-refractivity contribution in [2.45, 2.75) is 5.66 Å². The minimum atomic E-state index is -3.10. The molecule has 2 rings (SSSR count). The van der Waals surface area contributed by atoms with Crippen LogP contribution < -0.4 is 10.6 Å². The molecule has 0 spiro atoms. The topological polar surface area (TPSA) is 78.4 Å². The first-order chi connectivity index (χ1) is 11.7. The summed E-state index contributed by atoms with van der Waals surface area (Å²) in [5.41, 5.74) is -3.04. The summed E-state index contributed by atoms with van der Waals surface area (Å²) in [5.74, 6) is -1.85. The zero-order valence-electron chi connectivity index (χ0n) is 12.9. The van der Waals surface area contributed by atoms with Crippen LogP contribution in [0.15, 0.2) is 55.1 Å². The third-order valence-electron chi connectivity index (χ3n) is 3.25. The number of halogens is 2. The summed E-state index contributed by atoms with van der Waals surface area (Å²) in [6, 6.07) is 9.86. The summed E-state index contributed by atoms with van der Waals surface area (Å²) in [6.07, 6.45) is 1.01. The summed E-state index contributed by atoms with van der Waals surface area (Å²) in [6.45, 7) is 3.31. The number of nitrogens with one attached hydrogen (secondary N) is 2. The number of carboxylic acids is 1. The number of hydrogen-bond donors (Lipinski definition) is 3. The Labute approximate surface area is 145 Å². The zero-order valence-corrected chi connectivity index (χ0v) is 14.1. The molecule has 5 nitrogen and oxygen atoms in total. The smallest absolute Gasteiger partial charge is 0.339 e. The van der Waals surface area contributed by atoms with E-state index in [9.17, 15) is 23.5 Å². The lowest BCUT2D eigenvalue weighted by atomic mass is 10.1. The number of alkyl halides is 2. The van der Waals surface area contributed by atoms with Crippen LogP contribution in [-0.2, 0) is 10.5 Å². The summed E-state index contributed by atoms with van der Waals surface area (Å²) >= 11 is 0. The molecule has 0 aromatic heterocycles. The molecule has 0 heterocycles. The maximum absolute atomic E-state index is 13.4. The standard InChI is InChI=1S/C17H15F2N2O3P/c1-2-14(22)21-13-8-4-7-12(15(13)16(23)24)20-11-6-3-5-10(9-11)17(18,19)25/h2-9,20H,1,25H2,(H,21,22)(H,23,24). The van der Waals surface area contributed by atoms with Gasteiger partial charge in [0.2, 0.25) is 5.91 Å². The van der Waals surface area contributed by atoms with Crippen molar-refractivity contribution >= 4 is 38.2 Å². The Morgan fingerprint density at radius 3 is 2.40 bits per heavy atom. The van der Waals surface area contributed by atoms with E-state index in [-0.39, 0.29) is 28.2 Å². The number of anilines is 3. The number of carbonyl (C=O) groups excluding carboxylic acids is 1. The lowest BCUT2D eigenvalue weighted by Crippen LogP contribution is -2.13. The Morgan fingerprint density at radius 2 is 1.80 bits per heavy atom. The molecule has 2 aromatic carbocycles. The molecule has 1 amide bonds. The van der Waals surface area contributed by atoms with Gasteiger partial charge >= 0.3 is 5.97 Å². The normalized spacial score (nSPS) is 10.8. The average molecular weight is 364 g/mol. The first-order valence-corrected chi connectivity index (χ1v) is 7.64. The predicted molar refractivity (Wildman–Crippen MR) is 95.6 cm³/mol. The first kappa shape index (κ1) is 18.5. The predicted octanol–water partition coefficient (Wildman–Crippen LogP) is 4.18. The second-order valence-electron chi connectivity index (χ2n) is 5.06. The molecule has 0 saturated heterocycles. The number of amides is 1. The van der Waals surface area contributed by atoms with Gasteiger partial charge in [0.05, 0.1) is 11.4 Å². The van der Waals surface area contributed by atoms with Crippen molar-refractivity contribution in [3.05, 3.63) is 66.2 Å². The number of carbonyl (C=O) groups is 2. The minimum Gasteiger partial charge on any atom is -0.478 e. The fourth-order valence-electron chi connectivity index (χ4n) is 2.13. The van der Waals surface area contributed by atoms with Crippen LogP contribution in [0.1, 0.15) is 15.9 Å². The van der Waals surface area contributed by atoms with E-state index in [1.165, 1.54) is 51.7 Å². The molecular formula is C17H15F2N2O3P. The number of carboxylic acid groups (broad SMARTS) is 1. The Hall–Kier alpha value is -2.79. The van der Waals surface area contributed by atoms with Crippen molar-refractivity contribution in [1.29, 1.82) is 0 Å². The maximum Gasteiger partial charge on any atom is 0.339 e. The molecule has 130 valence electrons. The number of aromatic carboxylic acids is 1. The molecule has 0 aliphatic carbocycles. The van der Waals surface area contributed by atoms with Crippen molar-refractivity contribution in [1.82, 2.24) is 0 Å². The molecule has 0 radical (unpaired) electrons. The molecular weight excluding hydrogens is 349 g/mol. The molecule has 0 saturated carbocycles. The minimum absolute atomic E-state index is 0.0648. The molecule has 8 heteroatoms. The van der Waals surface area contributed by atoms with E-state index in [0.717, 1.165) is 6.08 Å². The van der Waals surface area contributed by atoms with Gasteiger partial charge in [-0.1, -0.05) is 34.0 Å². The third kappa shape index (κ3) is 4.61. The van der Waals surface area contributed by atoms with E-state index in [1.54, 1.807) is 0 Å². The van der Waals surface area contributed by atoms with E-state index in [2.05, 4.69) is 17.2 Å². The van der Waals surface area contributed by atoms with Crippen molar-refractivity contribution in [2.75, 3.05) is 10.6 Å². The number of hydrogen-bond acceptors (Lipinski definition) is 3. The molecule has 0 aliphatic heterocycles. The Morgan fingerprint density at radius 1 is 1.16 bits per heavy atom. The van der Waals surface area contributed by atoms with Crippen LogP contribution in [0.2, 0.25) is 0 Å². The van der Waals surface area contributed by atoms with Gasteiger partial charge in [-0.25, -0.2) is 4.79 Å². The van der Waals surface area contributed by atoms with Gasteiger partial charge in [0.1, 0.15) is 5.56 Å². The van der Waals surface area contributed by atoms with Crippen molar-refractivity contribution < 1.29 is 23.5 Å². The second-order valence-corrected chi connectivity index (χ2v) is 5.78. The summed E-state index contributed by atoms with van der Waals surface area (Å²) in [7, 11) is 1.44. The van der Waals surface area contributed by atoms with Gasteiger partial charge in [-0.2, -0.15) is 8.78 Å². The number of benzene rings is 2. The zero-order chi connectivity index (χ0) is 18.6. The second kappa shape index (κ2) is 7.40. The van der Waals surface area contributed by atoms with Crippen LogP contribution in [0.25, 0.3) is 0 Å². The Kier molecular flexibility index (Phi) is 5.49. The molecule has 25 heavy (non-hydrogen) atoms. The highest BCUT2D eigenvalue weighted by molar-refractivity contribution is 7.17. The van der Waals surface area contributed by atoms with Crippen molar-refractivity contribution in [3.63, 3.8) is 0 Å². The molecule has 1 atom stereocenters. The van der Waals surface area contributed by atoms with E-state index < -0.39 is 17.5 Å². The quantitative estimate of drug-likeness (QED) is 0.531. The highest BCUT2D eigenvalue weighted by Gasteiger charge is 2.24. The number of rotatable bonds is 6. The van der Waals surface area contributed by atoms with E-state index in [1.807, 2.05) is 0 Å². The van der Waals surface area contributed by atoms with Gasteiger partial charge in [0, 0.05) is 11.3 Å². The maximum atomic E-state index is 13.4. The molecule has 0 bridgehead atoms. The van der Waals surface area contributed by atoms with Gasteiger partial charge in [0.15, 0.2) is 0 Å². The van der Waals surface area contributed by atoms with E-state index in [0.29, 0.717) is 0 Å². The van der Waals surface area contributed by atoms with Crippen LogP contribution in [0.4, 0.5) is 25.8 Å². The van der Waals surface area contributed by atoms with Gasteiger partial charge < -0.3 is 15.7 Å². The lowest BCUT2D eigenvalue weighted by molar-refractivity contribution is -0.111. The lowest BCUT2D eigenvalue weighted by Gasteiger charge is -2.16. The third-order valence-corrected chi connectivity index (χ3v) is 3.58. The van der Waals surface area contributed by atoms with Crippen molar-refractivity contribution in [2.24, 2.45) is 0 Å². The molecule has 1 unspecified atom stereocenters. The highest BCUT2D eigenvalue weighted by Crippen LogP contribution is 2.36. The molecule has 3 N–H and O–H groups in total. The van der Waals surface area contributed by atoms with Crippen LogP contribution in [0, 0.1) is 0 Å². The van der Waals surface area contributed by atoms with Crippen LogP contribution >= 0.6 is 9.24 Å². The summed E-state index contributed by atoms with van der Waals surface area (Å²) in [4.78, 5) is 23.0.